The minimum absolute atomic E-state index is 0. The fraction of sp³-hybridized carbons (Fsp3) is 0.929. The Labute approximate surface area is 141 Å². The van der Waals surface area contributed by atoms with E-state index in [-0.39, 0.29) is 36.8 Å². The van der Waals surface area contributed by atoms with Crippen LogP contribution in [0.15, 0.2) is 0 Å². The van der Waals surface area contributed by atoms with Gasteiger partial charge < -0.3 is 15.8 Å². The minimum atomic E-state index is -0.176. The average molecular weight is 344 g/mol. The number of likely N-dealkylation sites (tertiary alicyclic amines) is 1. The number of piperidine rings is 1. The molecule has 1 aliphatic rings. The molecule has 0 saturated carbocycles. The summed E-state index contributed by atoms with van der Waals surface area (Å²) in [6, 6.07) is 0.394. The quantitative estimate of drug-likeness (QED) is 0.733. The van der Waals surface area contributed by atoms with Gasteiger partial charge in [-0.3, -0.25) is 9.69 Å². The number of ether oxygens (including phenoxy) is 1. The Kier molecular flexibility index (Phi) is 13.8. The van der Waals surface area contributed by atoms with Gasteiger partial charge >= 0.3 is 0 Å². The predicted octanol–water partition coefficient (Wildman–Crippen LogP) is 1.43. The van der Waals surface area contributed by atoms with Crippen molar-refractivity contribution in [1.29, 1.82) is 0 Å². The molecule has 0 radical (unpaired) electrons. The van der Waals surface area contributed by atoms with E-state index in [0.717, 1.165) is 19.0 Å². The molecule has 0 bridgehead atoms. The van der Waals surface area contributed by atoms with Gasteiger partial charge in [-0.2, -0.15) is 0 Å². The number of carbonyl (C=O) groups excluding carboxylic acids is 1. The van der Waals surface area contributed by atoms with Crippen molar-refractivity contribution < 1.29 is 9.53 Å². The van der Waals surface area contributed by atoms with Crippen molar-refractivity contribution in [1.82, 2.24) is 10.2 Å². The lowest BCUT2D eigenvalue weighted by Crippen LogP contribution is -2.46. The van der Waals surface area contributed by atoms with E-state index in [0.29, 0.717) is 25.6 Å². The van der Waals surface area contributed by atoms with Crippen LogP contribution >= 0.6 is 24.8 Å². The Hall–Kier alpha value is -0.0700. The Morgan fingerprint density at radius 2 is 2.14 bits per heavy atom. The first-order chi connectivity index (χ1) is 9.06. The molecule has 0 aromatic rings. The molecule has 0 spiro atoms. The highest BCUT2D eigenvalue weighted by molar-refractivity contribution is 5.85. The topological polar surface area (TPSA) is 67.6 Å². The van der Waals surface area contributed by atoms with Gasteiger partial charge in [0.25, 0.3) is 0 Å². The van der Waals surface area contributed by atoms with Crippen molar-refractivity contribution in [2.45, 2.75) is 45.3 Å². The number of nitrogens with two attached hydrogens (primary N) is 1. The van der Waals surface area contributed by atoms with Crippen molar-refractivity contribution in [2.75, 3.05) is 33.3 Å². The molecule has 21 heavy (non-hydrogen) atoms. The number of rotatable bonds is 7. The van der Waals surface area contributed by atoms with Crippen molar-refractivity contribution >= 4 is 30.7 Å². The van der Waals surface area contributed by atoms with Crippen LogP contribution in [0.1, 0.15) is 33.1 Å². The van der Waals surface area contributed by atoms with Gasteiger partial charge in [-0.1, -0.05) is 6.92 Å². The van der Waals surface area contributed by atoms with E-state index < -0.39 is 0 Å². The average Bonchev–Trinajstić information content (AvgIpc) is 2.42. The van der Waals surface area contributed by atoms with E-state index in [1.54, 1.807) is 7.11 Å². The van der Waals surface area contributed by atoms with Gasteiger partial charge in [0.2, 0.25) is 5.91 Å². The van der Waals surface area contributed by atoms with Crippen LogP contribution in [0.3, 0.4) is 0 Å². The van der Waals surface area contributed by atoms with Gasteiger partial charge in [-0.25, -0.2) is 0 Å². The summed E-state index contributed by atoms with van der Waals surface area (Å²) in [6.45, 7) is 7.83. The zero-order valence-electron chi connectivity index (χ0n) is 13.3. The van der Waals surface area contributed by atoms with Crippen LogP contribution < -0.4 is 11.1 Å². The summed E-state index contributed by atoms with van der Waals surface area (Å²) in [4.78, 5) is 14.2. The third-order valence-corrected chi connectivity index (χ3v) is 3.92. The summed E-state index contributed by atoms with van der Waals surface area (Å²) >= 11 is 0. The summed E-state index contributed by atoms with van der Waals surface area (Å²) in [5, 5.41) is 2.98. The summed E-state index contributed by atoms with van der Waals surface area (Å²) < 4.78 is 5.11. The zero-order valence-corrected chi connectivity index (χ0v) is 15.0. The second-order valence-electron chi connectivity index (χ2n) is 5.69. The highest BCUT2D eigenvalue weighted by Gasteiger charge is 2.21. The van der Waals surface area contributed by atoms with E-state index in [1.807, 2.05) is 0 Å². The number of halogens is 2. The third kappa shape index (κ3) is 8.83. The van der Waals surface area contributed by atoms with Gasteiger partial charge in [0, 0.05) is 32.8 Å². The molecular weight excluding hydrogens is 313 g/mol. The lowest BCUT2D eigenvalue weighted by Gasteiger charge is -2.35. The molecule has 0 aliphatic carbocycles. The van der Waals surface area contributed by atoms with Crippen LogP contribution in [-0.2, 0) is 9.53 Å². The smallest absolute Gasteiger partial charge is 0.222 e. The lowest BCUT2D eigenvalue weighted by atomic mass is 9.99. The number of carbonyl (C=O) groups is 1. The molecule has 1 heterocycles. The Balaban J connectivity index is 0. The maximum Gasteiger partial charge on any atom is 0.222 e. The van der Waals surface area contributed by atoms with Crippen LogP contribution in [-0.4, -0.2) is 56.2 Å². The Bertz CT molecular complexity index is 279. The molecule has 3 unspecified atom stereocenters. The molecule has 0 aromatic carbocycles. The summed E-state index contributed by atoms with van der Waals surface area (Å²) in [7, 11) is 1.59. The van der Waals surface area contributed by atoms with Crippen molar-refractivity contribution in [3.05, 3.63) is 0 Å². The molecular formula is C14H31Cl2N3O2. The third-order valence-electron chi connectivity index (χ3n) is 3.92. The molecule has 0 aromatic heterocycles. The van der Waals surface area contributed by atoms with E-state index in [1.165, 1.54) is 12.8 Å². The second-order valence-corrected chi connectivity index (χ2v) is 5.69. The number of hydrogen-bond donors (Lipinski definition) is 2. The standard InChI is InChI=1S/C14H29N3O2.2ClH/c1-11-5-4-6-17(10-11)12(2)9-16-14(18)7-13(8-15)19-3;;/h11-13H,4-10,15H2,1-3H3,(H,16,18);2*1H. The van der Waals surface area contributed by atoms with Gasteiger partial charge in [-0.05, 0) is 32.2 Å². The van der Waals surface area contributed by atoms with Crippen LogP contribution in [0.25, 0.3) is 0 Å². The van der Waals surface area contributed by atoms with Gasteiger partial charge in [0.1, 0.15) is 0 Å². The second kappa shape index (κ2) is 12.5. The first kappa shape index (κ1) is 23.2. The van der Waals surface area contributed by atoms with Crippen molar-refractivity contribution in [2.24, 2.45) is 11.7 Å². The molecule has 128 valence electrons. The number of methoxy groups -OCH3 is 1. The van der Waals surface area contributed by atoms with Crippen molar-refractivity contribution in [3.63, 3.8) is 0 Å². The van der Waals surface area contributed by atoms with E-state index >= 15 is 0 Å². The molecule has 7 heteroatoms. The first-order valence-electron chi connectivity index (χ1n) is 7.30. The maximum absolute atomic E-state index is 11.8. The highest BCUT2D eigenvalue weighted by Crippen LogP contribution is 2.17. The van der Waals surface area contributed by atoms with Crippen LogP contribution in [0, 0.1) is 5.92 Å². The number of amides is 1. The molecule has 1 saturated heterocycles. The number of nitrogens with one attached hydrogen (secondary N) is 1. The molecule has 3 atom stereocenters. The Morgan fingerprint density at radius 3 is 2.67 bits per heavy atom. The van der Waals surface area contributed by atoms with Gasteiger partial charge in [0.05, 0.1) is 12.5 Å². The molecule has 3 N–H and O–H groups in total. The SMILES string of the molecule is COC(CN)CC(=O)NCC(C)N1CCCC(C)C1.Cl.Cl. The zero-order chi connectivity index (χ0) is 14.3. The van der Waals surface area contributed by atoms with Gasteiger partial charge in [0.15, 0.2) is 0 Å². The fourth-order valence-corrected chi connectivity index (χ4v) is 2.56. The molecule has 1 fully saturated rings. The fourth-order valence-electron chi connectivity index (χ4n) is 2.56. The van der Waals surface area contributed by atoms with Crippen LogP contribution in [0.2, 0.25) is 0 Å². The van der Waals surface area contributed by atoms with E-state index in [2.05, 4.69) is 24.1 Å². The maximum atomic E-state index is 11.8. The Morgan fingerprint density at radius 1 is 1.48 bits per heavy atom. The minimum Gasteiger partial charge on any atom is -0.380 e. The van der Waals surface area contributed by atoms with E-state index in [4.69, 9.17) is 10.5 Å². The molecule has 5 nitrogen and oxygen atoms in total. The first-order valence-corrected chi connectivity index (χ1v) is 7.30. The summed E-state index contributed by atoms with van der Waals surface area (Å²) in [6.07, 6.45) is 2.75. The lowest BCUT2D eigenvalue weighted by molar-refractivity contribution is -0.123. The van der Waals surface area contributed by atoms with Gasteiger partial charge in [-0.15, -0.1) is 24.8 Å². The van der Waals surface area contributed by atoms with Crippen molar-refractivity contribution in [3.8, 4) is 0 Å². The normalized spacial score (nSPS) is 21.6. The largest absolute Gasteiger partial charge is 0.380 e. The predicted molar refractivity (Wildman–Crippen MR) is 91.4 cm³/mol. The number of hydrogen-bond acceptors (Lipinski definition) is 4. The molecule has 1 aliphatic heterocycles. The molecule has 1 amide bonds. The highest BCUT2D eigenvalue weighted by atomic mass is 35.5. The summed E-state index contributed by atoms with van der Waals surface area (Å²) in [5.41, 5.74) is 5.51. The van der Waals surface area contributed by atoms with E-state index in [9.17, 15) is 4.79 Å². The van der Waals surface area contributed by atoms with Crippen LogP contribution in [0.5, 0.6) is 0 Å². The monoisotopic (exact) mass is 343 g/mol. The summed E-state index contributed by atoms with van der Waals surface area (Å²) in [5.74, 6) is 0.788. The van der Waals surface area contributed by atoms with Crippen LogP contribution in [0.4, 0.5) is 0 Å². The molecule has 1 rings (SSSR count). The number of nitrogens with zero attached hydrogens (tertiary/aromatic N) is 1.